The van der Waals surface area contributed by atoms with Crippen molar-refractivity contribution in [2.24, 2.45) is 4.99 Å². The van der Waals surface area contributed by atoms with Crippen molar-refractivity contribution in [2.45, 2.75) is 19.1 Å². The molecule has 1 aliphatic heterocycles. The van der Waals surface area contributed by atoms with Crippen LogP contribution in [0.2, 0.25) is 0 Å². The third-order valence-corrected chi connectivity index (χ3v) is 4.11. The molecule has 3 N–H and O–H groups in total. The summed E-state index contributed by atoms with van der Waals surface area (Å²) in [5.74, 6) is -0.691. The first-order valence-electron chi connectivity index (χ1n) is 5.36. The maximum Gasteiger partial charge on any atom is 0.332 e. The van der Waals surface area contributed by atoms with Gasteiger partial charge in [0.2, 0.25) is 0 Å². The van der Waals surface area contributed by atoms with Gasteiger partial charge in [0, 0.05) is 16.9 Å². The summed E-state index contributed by atoms with van der Waals surface area (Å²) < 4.78 is 0. The van der Waals surface area contributed by atoms with Gasteiger partial charge in [0.15, 0.2) is 5.54 Å². The molecular formula is C12H13NO4S. The largest absolute Gasteiger partial charge is 0.507 e. The smallest absolute Gasteiger partial charge is 0.332 e. The summed E-state index contributed by atoms with van der Waals surface area (Å²) in [5, 5.41) is 28.6. The fourth-order valence-electron chi connectivity index (χ4n) is 1.64. The van der Waals surface area contributed by atoms with Crippen LogP contribution in [0.25, 0.3) is 0 Å². The van der Waals surface area contributed by atoms with E-state index in [1.165, 1.54) is 11.8 Å². The minimum Gasteiger partial charge on any atom is -0.507 e. The molecule has 0 amide bonds. The first-order chi connectivity index (χ1) is 8.48. The second-order valence-corrected chi connectivity index (χ2v) is 5.22. The molecule has 0 radical (unpaired) electrons. The van der Waals surface area contributed by atoms with Gasteiger partial charge >= 0.3 is 5.97 Å². The number of rotatable bonds is 3. The number of aliphatic imine (C=N–C) groups is 1. The highest BCUT2D eigenvalue weighted by Gasteiger charge is 2.39. The monoisotopic (exact) mass is 267 g/mol. The van der Waals surface area contributed by atoms with E-state index in [1.807, 2.05) is 0 Å². The number of aromatic hydroxyl groups is 1. The lowest BCUT2D eigenvalue weighted by molar-refractivity contribution is -0.141. The first kappa shape index (κ1) is 12.9. The molecular weight excluding hydrogens is 254 g/mol. The zero-order valence-electron chi connectivity index (χ0n) is 9.75. The van der Waals surface area contributed by atoms with Crippen LogP contribution in [0.5, 0.6) is 5.75 Å². The maximum atomic E-state index is 11.1. The van der Waals surface area contributed by atoms with Crippen molar-refractivity contribution in [1.29, 1.82) is 0 Å². The lowest BCUT2D eigenvalue weighted by atomic mass is 10.1. The molecule has 0 unspecified atom stereocenters. The Morgan fingerprint density at radius 1 is 1.56 bits per heavy atom. The molecule has 0 spiro atoms. The topological polar surface area (TPSA) is 90.1 Å². The minimum absolute atomic E-state index is 0.0408. The van der Waals surface area contributed by atoms with Gasteiger partial charge in [0.1, 0.15) is 10.8 Å². The number of carboxylic acid groups (broad SMARTS) is 1. The molecule has 0 aliphatic carbocycles. The molecule has 1 heterocycles. The van der Waals surface area contributed by atoms with Crippen molar-refractivity contribution in [2.75, 3.05) is 5.75 Å². The third-order valence-electron chi connectivity index (χ3n) is 2.82. The second kappa shape index (κ2) is 4.62. The van der Waals surface area contributed by atoms with Crippen LogP contribution in [0, 0.1) is 0 Å². The average Bonchev–Trinajstić information content (AvgIpc) is 2.73. The summed E-state index contributed by atoms with van der Waals surface area (Å²) >= 11 is 1.29. The van der Waals surface area contributed by atoms with E-state index in [0.717, 1.165) is 0 Å². The van der Waals surface area contributed by atoms with E-state index in [-0.39, 0.29) is 12.4 Å². The Morgan fingerprint density at radius 2 is 2.28 bits per heavy atom. The molecule has 1 aliphatic rings. The quantitative estimate of drug-likeness (QED) is 0.766. The van der Waals surface area contributed by atoms with Crippen LogP contribution >= 0.6 is 11.8 Å². The zero-order chi connectivity index (χ0) is 13.3. The highest BCUT2D eigenvalue weighted by atomic mass is 32.2. The number of benzene rings is 1. The number of carboxylic acids is 1. The first-order valence-corrected chi connectivity index (χ1v) is 6.34. The highest BCUT2D eigenvalue weighted by Crippen LogP contribution is 2.35. The van der Waals surface area contributed by atoms with Crippen molar-refractivity contribution < 1.29 is 20.1 Å². The number of nitrogens with zero attached hydrogens (tertiary/aromatic N) is 1. The summed E-state index contributed by atoms with van der Waals surface area (Å²) in [6, 6.07) is 4.96. The normalized spacial score (nSPS) is 22.9. The molecule has 5 nitrogen and oxygen atoms in total. The predicted octanol–water partition coefficient (Wildman–Crippen LogP) is 1.22. The molecule has 6 heteroatoms. The number of aliphatic carboxylic acids is 1. The van der Waals surface area contributed by atoms with Crippen molar-refractivity contribution in [1.82, 2.24) is 0 Å². The van der Waals surface area contributed by atoms with E-state index >= 15 is 0 Å². The summed E-state index contributed by atoms with van der Waals surface area (Å²) in [7, 11) is 0. The van der Waals surface area contributed by atoms with Crippen molar-refractivity contribution in [3.8, 4) is 5.75 Å². The molecule has 1 aromatic carbocycles. The molecule has 0 bridgehead atoms. The Bertz CT molecular complexity index is 529. The summed E-state index contributed by atoms with van der Waals surface area (Å²) in [6.45, 7) is 1.27. The summed E-state index contributed by atoms with van der Waals surface area (Å²) in [6.07, 6.45) is 0. The number of aliphatic hydroxyl groups is 1. The van der Waals surface area contributed by atoms with Crippen LogP contribution in [0.15, 0.2) is 23.2 Å². The standard InChI is InChI=1S/C12H13NO4S/c1-12(11(16)17)6-18-10(13-12)8-4-2-3-7(5-14)9(8)15/h2-4,14-15H,5-6H2,1H3,(H,16,17)/t12-/m1/s1. The summed E-state index contributed by atoms with van der Waals surface area (Å²) in [4.78, 5) is 15.2. The van der Waals surface area contributed by atoms with Gasteiger partial charge in [-0.15, -0.1) is 11.8 Å². The van der Waals surface area contributed by atoms with Gasteiger partial charge in [-0.3, -0.25) is 4.99 Å². The van der Waals surface area contributed by atoms with Crippen LogP contribution < -0.4 is 0 Å². The van der Waals surface area contributed by atoms with Crippen LogP contribution in [0.3, 0.4) is 0 Å². The predicted molar refractivity (Wildman–Crippen MR) is 69.1 cm³/mol. The van der Waals surface area contributed by atoms with E-state index in [2.05, 4.69) is 4.99 Å². The lowest BCUT2D eigenvalue weighted by Gasteiger charge is -2.11. The Morgan fingerprint density at radius 3 is 2.83 bits per heavy atom. The molecule has 1 atom stereocenters. The van der Waals surface area contributed by atoms with E-state index in [1.54, 1.807) is 25.1 Å². The number of hydrogen-bond donors (Lipinski definition) is 3. The Labute approximate surface area is 108 Å². The maximum absolute atomic E-state index is 11.1. The van der Waals surface area contributed by atoms with Crippen LogP contribution in [-0.4, -0.2) is 37.6 Å². The zero-order valence-corrected chi connectivity index (χ0v) is 10.6. The van der Waals surface area contributed by atoms with Crippen molar-refractivity contribution >= 4 is 22.8 Å². The van der Waals surface area contributed by atoms with Crippen LogP contribution in [0.1, 0.15) is 18.1 Å². The average molecular weight is 267 g/mol. The molecule has 18 heavy (non-hydrogen) atoms. The van der Waals surface area contributed by atoms with Crippen LogP contribution in [-0.2, 0) is 11.4 Å². The fourth-order valence-corrected chi connectivity index (χ4v) is 2.83. The SMILES string of the molecule is C[C@]1(C(=O)O)CSC(c2cccc(CO)c2O)=N1. The van der Waals surface area contributed by atoms with E-state index in [4.69, 9.17) is 10.2 Å². The third kappa shape index (κ3) is 2.09. The lowest BCUT2D eigenvalue weighted by Crippen LogP contribution is -2.33. The van der Waals surface area contributed by atoms with Gasteiger partial charge < -0.3 is 15.3 Å². The number of aliphatic hydroxyl groups excluding tert-OH is 1. The van der Waals surface area contributed by atoms with Gasteiger partial charge in [-0.1, -0.05) is 12.1 Å². The number of thioether (sulfide) groups is 1. The molecule has 0 saturated heterocycles. The van der Waals surface area contributed by atoms with Gasteiger partial charge in [0.05, 0.1) is 6.61 Å². The fraction of sp³-hybridized carbons (Fsp3) is 0.333. The molecule has 0 aromatic heterocycles. The van der Waals surface area contributed by atoms with Crippen LogP contribution in [0.4, 0.5) is 0 Å². The highest BCUT2D eigenvalue weighted by molar-refractivity contribution is 8.14. The second-order valence-electron chi connectivity index (χ2n) is 4.26. The minimum atomic E-state index is -1.15. The Hall–Kier alpha value is -1.53. The van der Waals surface area contributed by atoms with Gasteiger partial charge in [-0.2, -0.15) is 0 Å². The number of hydrogen-bond acceptors (Lipinski definition) is 5. The number of phenols is 1. The molecule has 1 aromatic rings. The molecule has 2 rings (SSSR count). The van der Waals surface area contributed by atoms with Gasteiger partial charge in [-0.25, -0.2) is 4.79 Å². The van der Waals surface area contributed by atoms with Crippen molar-refractivity contribution in [3.05, 3.63) is 29.3 Å². The number of carbonyl (C=O) groups is 1. The summed E-state index contributed by atoms with van der Waals surface area (Å²) in [5.41, 5.74) is -0.280. The van der Waals surface area contributed by atoms with E-state index < -0.39 is 11.5 Å². The number of para-hydroxylation sites is 1. The van der Waals surface area contributed by atoms with E-state index in [9.17, 15) is 9.90 Å². The van der Waals surface area contributed by atoms with Gasteiger partial charge in [0.25, 0.3) is 0 Å². The van der Waals surface area contributed by atoms with E-state index in [0.29, 0.717) is 21.9 Å². The van der Waals surface area contributed by atoms with Crippen molar-refractivity contribution in [3.63, 3.8) is 0 Å². The molecule has 0 saturated carbocycles. The molecule has 0 fully saturated rings. The Kier molecular flexibility index (Phi) is 3.32. The Balaban J connectivity index is 2.43. The van der Waals surface area contributed by atoms with Gasteiger partial charge in [-0.05, 0) is 13.0 Å². The molecule has 96 valence electrons.